The van der Waals surface area contributed by atoms with Gasteiger partial charge in [0.2, 0.25) is 11.8 Å². The summed E-state index contributed by atoms with van der Waals surface area (Å²) in [7, 11) is 0. The number of carbonyl (C=O) groups is 1. The molecule has 4 aromatic rings. The third-order valence-electron chi connectivity index (χ3n) is 5.35. The summed E-state index contributed by atoms with van der Waals surface area (Å²) in [4.78, 5) is 22.1. The molecule has 0 fully saturated rings. The number of amides is 1. The molecule has 8 heteroatoms. The number of aromatic nitrogens is 2. The monoisotopic (exact) mass is 487 g/mol. The number of thioether (sulfide) groups is 1. The first kappa shape index (κ1) is 22.9. The van der Waals surface area contributed by atoms with Crippen LogP contribution < -0.4 is 14.8 Å². The number of halogens is 1. The summed E-state index contributed by atoms with van der Waals surface area (Å²) in [5.41, 5.74) is 3.18. The van der Waals surface area contributed by atoms with Gasteiger partial charge in [0.1, 0.15) is 22.3 Å². The number of hydrogen-bond donors (Lipinski definition) is 1. The third-order valence-corrected chi connectivity index (χ3v) is 6.37. The Morgan fingerprint density at radius 3 is 2.74 bits per heavy atom. The molecule has 2 heterocycles. The Morgan fingerprint density at radius 2 is 1.91 bits per heavy atom. The van der Waals surface area contributed by atoms with Gasteiger partial charge in [-0.1, -0.05) is 36.0 Å². The summed E-state index contributed by atoms with van der Waals surface area (Å²) in [6, 6.07) is 21.0. The van der Waals surface area contributed by atoms with Gasteiger partial charge in [-0.25, -0.2) is 9.37 Å². The van der Waals surface area contributed by atoms with Crippen molar-refractivity contribution in [2.24, 2.45) is 0 Å². The van der Waals surface area contributed by atoms with Crippen LogP contribution in [0.2, 0.25) is 0 Å². The molecule has 0 saturated heterocycles. The van der Waals surface area contributed by atoms with Crippen LogP contribution in [-0.2, 0) is 11.2 Å². The minimum Gasteiger partial charge on any atom is -0.494 e. The predicted molar refractivity (Wildman–Crippen MR) is 134 cm³/mol. The molecular formula is C27H22FN3O3S. The van der Waals surface area contributed by atoms with E-state index < -0.39 is 0 Å². The van der Waals surface area contributed by atoms with E-state index in [0.717, 1.165) is 16.9 Å². The van der Waals surface area contributed by atoms with Gasteiger partial charge in [-0.05, 0) is 55.0 Å². The molecule has 5 rings (SSSR count). The summed E-state index contributed by atoms with van der Waals surface area (Å²) in [6.07, 6.45) is 0.593. The Bertz CT molecular complexity index is 1380. The number of para-hydroxylation sites is 1. The van der Waals surface area contributed by atoms with Gasteiger partial charge in [-0.15, -0.1) is 0 Å². The lowest BCUT2D eigenvalue weighted by Crippen LogP contribution is -2.15. The minimum absolute atomic E-state index is 0.146. The molecule has 1 aromatic heterocycles. The van der Waals surface area contributed by atoms with Crippen LogP contribution in [0.4, 0.5) is 10.1 Å². The van der Waals surface area contributed by atoms with E-state index in [4.69, 9.17) is 14.5 Å². The van der Waals surface area contributed by atoms with Gasteiger partial charge in [0, 0.05) is 23.7 Å². The van der Waals surface area contributed by atoms with Crippen LogP contribution in [0.25, 0.3) is 11.4 Å². The maximum Gasteiger partial charge on any atom is 0.234 e. The number of hydrogen-bond acceptors (Lipinski definition) is 6. The van der Waals surface area contributed by atoms with Crippen LogP contribution in [0.1, 0.15) is 18.1 Å². The first-order valence-electron chi connectivity index (χ1n) is 11.2. The number of nitrogens with one attached hydrogen (secondary N) is 1. The van der Waals surface area contributed by atoms with Crippen molar-refractivity contribution in [3.8, 4) is 28.8 Å². The molecule has 0 unspecified atom stereocenters. The Morgan fingerprint density at radius 1 is 1.09 bits per heavy atom. The minimum atomic E-state index is -0.337. The molecule has 1 aliphatic heterocycles. The fraction of sp³-hybridized carbons (Fsp3) is 0.148. The number of ether oxygens (including phenoxy) is 2. The normalized spacial score (nSPS) is 11.7. The Labute approximate surface area is 206 Å². The SMILES string of the molecule is CCOc1cccc(NC(=O)CSc2nc(-c3ccc(F)cc3)nc3c2Cc2ccccc2O3)c1. The van der Waals surface area contributed by atoms with E-state index in [1.165, 1.54) is 23.9 Å². The van der Waals surface area contributed by atoms with Crippen molar-refractivity contribution in [2.75, 3.05) is 17.7 Å². The topological polar surface area (TPSA) is 73.3 Å². The van der Waals surface area contributed by atoms with Gasteiger partial charge in [-0.3, -0.25) is 4.79 Å². The number of benzene rings is 3. The largest absolute Gasteiger partial charge is 0.494 e. The molecule has 0 atom stereocenters. The molecule has 6 nitrogen and oxygen atoms in total. The maximum absolute atomic E-state index is 13.5. The van der Waals surface area contributed by atoms with Crippen LogP contribution in [0, 0.1) is 5.82 Å². The van der Waals surface area contributed by atoms with Crippen molar-refractivity contribution in [3.63, 3.8) is 0 Å². The van der Waals surface area contributed by atoms with Gasteiger partial charge in [0.15, 0.2) is 5.82 Å². The molecule has 1 aliphatic rings. The molecule has 176 valence electrons. The van der Waals surface area contributed by atoms with Crippen LogP contribution in [0.3, 0.4) is 0 Å². The molecule has 1 N–H and O–H groups in total. The summed E-state index contributed by atoms with van der Waals surface area (Å²) < 4.78 is 25.0. The summed E-state index contributed by atoms with van der Waals surface area (Å²) in [5.74, 6) is 1.94. The molecule has 3 aromatic carbocycles. The number of anilines is 1. The van der Waals surface area contributed by atoms with Gasteiger partial charge in [0.25, 0.3) is 0 Å². The molecule has 35 heavy (non-hydrogen) atoms. The average molecular weight is 488 g/mol. The van der Waals surface area contributed by atoms with Crippen molar-refractivity contribution in [3.05, 3.63) is 89.7 Å². The number of carbonyl (C=O) groups excluding carboxylic acids is 1. The second-order valence-electron chi connectivity index (χ2n) is 7.83. The Balaban J connectivity index is 1.40. The van der Waals surface area contributed by atoms with E-state index in [-0.39, 0.29) is 17.5 Å². The fourth-order valence-corrected chi connectivity index (χ4v) is 4.56. The highest BCUT2D eigenvalue weighted by Crippen LogP contribution is 2.40. The lowest BCUT2D eigenvalue weighted by molar-refractivity contribution is -0.113. The maximum atomic E-state index is 13.5. The highest BCUT2D eigenvalue weighted by atomic mass is 32.2. The highest BCUT2D eigenvalue weighted by molar-refractivity contribution is 8.00. The van der Waals surface area contributed by atoms with E-state index in [1.54, 1.807) is 18.2 Å². The van der Waals surface area contributed by atoms with E-state index >= 15 is 0 Å². The van der Waals surface area contributed by atoms with Crippen LogP contribution in [-0.4, -0.2) is 28.2 Å². The molecule has 1 amide bonds. The average Bonchev–Trinajstić information content (AvgIpc) is 2.87. The van der Waals surface area contributed by atoms with Crippen LogP contribution in [0.5, 0.6) is 17.4 Å². The second-order valence-corrected chi connectivity index (χ2v) is 8.79. The van der Waals surface area contributed by atoms with E-state index in [1.807, 2.05) is 49.4 Å². The molecule has 0 radical (unpaired) electrons. The quantitative estimate of drug-likeness (QED) is 0.221. The summed E-state index contributed by atoms with van der Waals surface area (Å²) in [5, 5.41) is 3.56. The third kappa shape index (κ3) is 5.27. The lowest BCUT2D eigenvalue weighted by Gasteiger charge is -2.21. The van der Waals surface area contributed by atoms with Crippen molar-refractivity contribution in [1.29, 1.82) is 0 Å². The molecule has 0 saturated carbocycles. The van der Waals surface area contributed by atoms with Crippen molar-refractivity contribution in [1.82, 2.24) is 9.97 Å². The number of rotatable bonds is 7. The summed E-state index contributed by atoms with van der Waals surface area (Å²) in [6.45, 7) is 2.46. The fourth-order valence-electron chi connectivity index (χ4n) is 3.73. The van der Waals surface area contributed by atoms with Crippen LogP contribution in [0.15, 0.2) is 77.8 Å². The first-order valence-corrected chi connectivity index (χ1v) is 12.2. The predicted octanol–water partition coefficient (Wildman–Crippen LogP) is 6.11. The molecule has 0 spiro atoms. The smallest absolute Gasteiger partial charge is 0.234 e. The molecule has 0 aliphatic carbocycles. The van der Waals surface area contributed by atoms with E-state index in [2.05, 4.69) is 10.3 Å². The standard InChI is InChI=1S/C27H22FN3O3S/c1-2-33-21-8-5-7-20(15-21)29-24(32)16-35-27-22-14-18-6-3-4-9-23(18)34-26(22)30-25(31-27)17-10-12-19(28)13-11-17/h3-13,15H,2,14,16H2,1H3,(H,29,32). The van der Waals surface area contributed by atoms with E-state index in [9.17, 15) is 9.18 Å². The van der Waals surface area contributed by atoms with Gasteiger partial charge in [-0.2, -0.15) is 4.98 Å². The zero-order valence-corrected chi connectivity index (χ0v) is 19.8. The van der Waals surface area contributed by atoms with Gasteiger partial charge < -0.3 is 14.8 Å². The first-order chi connectivity index (χ1) is 17.1. The Kier molecular flexibility index (Phi) is 6.63. The molecular weight excluding hydrogens is 465 g/mol. The van der Waals surface area contributed by atoms with Crippen LogP contribution >= 0.6 is 11.8 Å². The van der Waals surface area contributed by atoms with Crippen molar-refractivity contribution < 1.29 is 18.7 Å². The lowest BCUT2D eigenvalue weighted by atomic mass is 10.0. The Hall–Kier alpha value is -3.91. The second kappa shape index (κ2) is 10.1. The number of nitrogens with zero attached hydrogens (tertiary/aromatic N) is 2. The van der Waals surface area contributed by atoms with Gasteiger partial charge in [0.05, 0.1) is 17.9 Å². The van der Waals surface area contributed by atoms with Crippen molar-refractivity contribution in [2.45, 2.75) is 18.4 Å². The molecule has 0 bridgehead atoms. The zero-order valence-electron chi connectivity index (χ0n) is 19.0. The van der Waals surface area contributed by atoms with Gasteiger partial charge >= 0.3 is 0 Å². The zero-order chi connectivity index (χ0) is 24.2. The number of fused-ring (bicyclic) bond motifs is 2. The van der Waals surface area contributed by atoms with E-state index in [0.29, 0.717) is 46.8 Å². The highest BCUT2D eigenvalue weighted by Gasteiger charge is 2.24. The van der Waals surface area contributed by atoms with Crippen molar-refractivity contribution >= 4 is 23.4 Å². The summed E-state index contributed by atoms with van der Waals surface area (Å²) >= 11 is 1.32.